The fourth-order valence-corrected chi connectivity index (χ4v) is 4.53. The third-order valence-electron chi connectivity index (χ3n) is 3.64. The zero-order valence-electron chi connectivity index (χ0n) is 12.2. The number of piperazine rings is 1. The van der Waals surface area contributed by atoms with E-state index < -0.39 is 5.91 Å². The molecule has 0 bridgehead atoms. The quantitative estimate of drug-likeness (QED) is 0.827. The van der Waals surface area contributed by atoms with Gasteiger partial charge in [0.2, 0.25) is 0 Å². The van der Waals surface area contributed by atoms with Crippen LogP contribution >= 0.6 is 23.1 Å². The van der Waals surface area contributed by atoms with Crippen LogP contribution in [0.2, 0.25) is 0 Å². The molecule has 20 heavy (non-hydrogen) atoms. The van der Waals surface area contributed by atoms with Crippen LogP contribution in [-0.2, 0) is 0 Å². The first-order valence-corrected chi connectivity index (χ1v) is 8.74. The number of thiophene rings is 1. The number of nitrogens with zero attached hydrogens (tertiary/aromatic N) is 2. The molecule has 1 aromatic rings. The number of hydrogen-bond donors (Lipinski definition) is 2. The number of carbonyl (C=O) groups is 1. The highest BCUT2D eigenvalue weighted by molar-refractivity contribution is 7.99. The Morgan fingerprint density at radius 3 is 2.35 bits per heavy atom. The molecule has 0 saturated carbocycles. The number of nitrogens with two attached hydrogens (primary N) is 2. The smallest absolute Gasteiger partial charge is 0.261 e. The average Bonchev–Trinajstić information content (AvgIpc) is 2.75. The number of anilines is 2. The Bertz CT molecular complexity index is 493. The Labute approximate surface area is 128 Å². The Morgan fingerprint density at radius 1 is 1.30 bits per heavy atom. The number of carbonyl (C=O) groups excluding carboxylic acids is 1. The van der Waals surface area contributed by atoms with Gasteiger partial charge in [-0.25, -0.2) is 0 Å². The minimum Gasteiger partial charge on any atom is -0.396 e. The van der Waals surface area contributed by atoms with Gasteiger partial charge in [0.25, 0.3) is 5.91 Å². The van der Waals surface area contributed by atoms with Crippen LogP contribution in [0.15, 0.2) is 4.90 Å². The van der Waals surface area contributed by atoms with Gasteiger partial charge in [-0.3, -0.25) is 9.69 Å². The molecule has 0 radical (unpaired) electrons. The number of thioether (sulfide) groups is 1. The van der Waals surface area contributed by atoms with Crippen LogP contribution < -0.4 is 16.4 Å². The minimum absolute atomic E-state index is 0.435. The Hall–Kier alpha value is -0.920. The largest absolute Gasteiger partial charge is 0.396 e. The lowest BCUT2D eigenvalue weighted by atomic mass is 10.2. The van der Waals surface area contributed by atoms with Gasteiger partial charge >= 0.3 is 0 Å². The lowest BCUT2D eigenvalue weighted by molar-refractivity contribution is 0.100. The predicted octanol–water partition coefficient (Wildman–Crippen LogP) is 1.68. The number of amides is 1. The Morgan fingerprint density at radius 2 is 1.90 bits per heavy atom. The van der Waals surface area contributed by atoms with Gasteiger partial charge in [0.15, 0.2) is 0 Å². The van der Waals surface area contributed by atoms with Crippen molar-refractivity contribution in [3.63, 3.8) is 0 Å². The topological polar surface area (TPSA) is 75.6 Å². The molecule has 1 amide bonds. The van der Waals surface area contributed by atoms with E-state index in [4.69, 9.17) is 11.5 Å². The number of primary amides is 1. The summed E-state index contributed by atoms with van der Waals surface area (Å²) in [4.78, 5) is 17.7. The summed E-state index contributed by atoms with van der Waals surface area (Å²) in [6, 6.07) is 0.576. The van der Waals surface area contributed by atoms with E-state index in [1.165, 1.54) is 11.3 Å². The van der Waals surface area contributed by atoms with Gasteiger partial charge in [-0.15, -0.1) is 23.1 Å². The lowest BCUT2D eigenvalue weighted by Gasteiger charge is -2.37. The normalized spacial score (nSPS) is 16.9. The first-order valence-electron chi connectivity index (χ1n) is 6.70. The Kier molecular flexibility index (Phi) is 4.82. The monoisotopic (exact) mass is 314 g/mol. The fourth-order valence-electron chi connectivity index (χ4n) is 2.45. The maximum Gasteiger partial charge on any atom is 0.261 e. The molecule has 7 heteroatoms. The summed E-state index contributed by atoms with van der Waals surface area (Å²) < 4.78 is 0. The molecule has 0 spiro atoms. The molecule has 2 rings (SSSR count). The van der Waals surface area contributed by atoms with Gasteiger partial charge in [0, 0.05) is 32.2 Å². The molecule has 0 aromatic carbocycles. The predicted molar refractivity (Wildman–Crippen MR) is 88.0 cm³/mol. The van der Waals surface area contributed by atoms with E-state index in [0.29, 0.717) is 16.6 Å². The van der Waals surface area contributed by atoms with E-state index in [1.807, 2.05) is 6.26 Å². The van der Waals surface area contributed by atoms with Crippen molar-refractivity contribution in [1.29, 1.82) is 0 Å². The number of nitrogen functional groups attached to an aromatic ring is 1. The molecule has 0 unspecified atom stereocenters. The van der Waals surface area contributed by atoms with Crippen molar-refractivity contribution in [2.75, 3.05) is 43.1 Å². The third-order valence-corrected chi connectivity index (χ3v) is 5.87. The van der Waals surface area contributed by atoms with E-state index in [2.05, 4.69) is 23.6 Å². The van der Waals surface area contributed by atoms with Gasteiger partial charge in [-0.1, -0.05) is 0 Å². The lowest BCUT2D eigenvalue weighted by Crippen LogP contribution is -2.48. The van der Waals surface area contributed by atoms with Crippen molar-refractivity contribution >= 4 is 39.7 Å². The number of rotatable bonds is 4. The van der Waals surface area contributed by atoms with Crippen molar-refractivity contribution in [3.05, 3.63) is 4.88 Å². The molecule has 112 valence electrons. The van der Waals surface area contributed by atoms with Crippen molar-refractivity contribution in [2.45, 2.75) is 24.8 Å². The zero-order chi connectivity index (χ0) is 14.9. The van der Waals surface area contributed by atoms with Crippen molar-refractivity contribution in [3.8, 4) is 0 Å². The molecule has 1 fully saturated rings. The van der Waals surface area contributed by atoms with Crippen molar-refractivity contribution in [2.24, 2.45) is 5.73 Å². The average molecular weight is 314 g/mol. The molecule has 0 aliphatic carbocycles. The van der Waals surface area contributed by atoms with E-state index in [0.717, 1.165) is 36.1 Å². The SMILES string of the molecule is CSc1c(N2CCN(C(C)C)CC2)sc(C(N)=O)c1N. The molecule has 4 N–H and O–H groups in total. The first kappa shape index (κ1) is 15.5. The van der Waals surface area contributed by atoms with E-state index in [-0.39, 0.29) is 0 Å². The minimum atomic E-state index is -0.435. The fraction of sp³-hybridized carbons (Fsp3) is 0.615. The first-order chi connectivity index (χ1) is 9.45. The van der Waals surface area contributed by atoms with E-state index >= 15 is 0 Å². The van der Waals surface area contributed by atoms with Crippen LogP contribution in [0.25, 0.3) is 0 Å². The molecule has 5 nitrogen and oxygen atoms in total. The van der Waals surface area contributed by atoms with Gasteiger partial charge in [-0.2, -0.15) is 0 Å². The second kappa shape index (κ2) is 6.24. The van der Waals surface area contributed by atoms with Gasteiger partial charge < -0.3 is 16.4 Å². The molecular weight excluding hydrogens is 292 g/mol. The van der Waals surface area contributed by atoms with E-state index in [1.54, 1.807) is 11.8 Å². The number of hydrogen-bond acceptors (Lipinski definition) is 6. The van der Waals surface area contributed by atoms with Crippen molar-refractivity contribution in [1.82, 2.24) is 4.90 Å². The molecular formula is C13H22N4OS2. The second-order valence-electron chi connectivity index (χ2n) is 5.16. The summed E-state index contributed by atoms with van der Waals surface area (Å²) in [5, 5.41) is 1.09. The summed E-state index contributed by atoms with van der Waals surface area (Å²) in [6.45, 7) is 8.44. The molecule has 0 atom stereocenters. The molecule has 1 aliphatic heterocycles. The maximum atomic E-state index is 11.4. The second-order valence-corrected chi connectivity index (χ2v) is 6.98. The van der Waals surface area contributed by atoms with Gasteiger partial charge in [-0.05, 0) is 20.1 Å². The zero-order valence-corrected chi connectivity index (χ0v) is 13.8. The molecule has 1 aromatic heterocycles. The highest BCUT2D eigenvalue weighted by atomic mass is 32.2. The Balaban J connectivity index is 2.21. The summed E-state index contributed by atoms with van der Waals surface area (Å²) in [5.41, 5.74) is 12.0. The van der Waals surface area contributed by atoms with Crippen LogP contribution in [0.4, 0.5) is 10.7 Å². The van der Waals surface area contributed by atoms with Crippen molar-refractivity contribution < 1.29 is 4.79 Å². The van der Waals surface area contributed by atoms with Crippen LogP contribution in [0, 0.1) is 0 Å². The summed E-state index contributed by atoms with van der Waals surface area (Å²) in [6.07, 6.45) is 1.98. The third kappa shape index (κ3) is 2.89. The summed E-state index contributed by atoms with van der Waals surface area (Å²) in [5.74, 6) is -0.435. The standard InChI is InChI=1S/C13H22N4OS2/c1-8(2)16-4-6-17(7-5-16)13-11(19-3)9(14)10(20-13)12(15)18/h8H,4-7,14H2,1-3H3,(H2,15,18). The van der Waals surface area contributed by atoms with Crippen LogP contribution in [0.1, 0.15) is 23.5 Å². The molecule has 1 aliphatic rings. The summed E-state index contributed by atoms with van der Waals surface area (Å²) in [7, 11) is 0. The van der Waals surface area contributed by atoms with Crippen LogP contribution in [0.3, 0.4) is 0 Å². The highest BCUT2D eigenvalue weighted by Crippen LogP contribution is 2.43. The van der Waals surface area contributed by atoms with Crippen LogP contribution in [-0.4, -0.2) is 49.3 Å². The highest BCUT2D eigenvalue weighted by Gasteiger charge is 2.26. The molecule has 2 heterocycles. The van der Waals surface area contributed by atoms with E-state index in [9.17, 15) is 4.79 Å². The van der Waals surface area contributed by atoms with Gasteiger partial charge in [0.1, 0.15) is 9.88 Å². The van der Waals surface area contributed by atoms with Crippen LogP contribution in [0.5, 0.6) is 0 Å². The summed E-state index contributed by atoms with van der Waals surface area (Å²) >= 11 is 3.01. The van der Waals surface area contributed by atoms with Gasteiger partial charge in [0.05, 0.1) is 10.6 Å². The maximum absolute atomic E-state index is 11.4. The molecule has 1 saturated heterocycles.